The van der Waals surface area contributed by atoms with Crippen LogP contribution in [-0.4, -0.2) is 25.2 Å². The number of imidazole rings is 1. The first kappa shape index (κ1) is 19.8. The van der Waals surface area contributed by atoms with Gasteiger partial charge in [-0.3, -0.25) is 4.79 Å². The Morgan fingerprint density at radius 1 is 0.938 bits per heavy atom. The molecule has 1 amide bonds. The van der Waals surface area contributed by atoms with E-state index in [1.165, 1.54) is 0 Å². The standard InChI is InChI=1S/C26H23N5O/c1-19(30-18-28-23-14-8-9-15-24(23)30)26(32)27-16-21-17-31(22-12-6-3-7-13-22)29-25(21)20-10-4-2-5-11-20/h2-15,17-19H,16H2,1H3,(H,27,32). The number of fused-ring (bicyclic) bond motifs is 1. The summed E-state index contributed by atoms with van der Waals surface area (Å²) < 4.78 is 3.76. The van der Waals surface area contributed by atoms with Crippen LogP contribution in [0.25, 0.3) is 28.0 Å². The Morgan fingerprint density at radius 2 is 1.62 bits per heavy atom. The molecule has 0 bridgehead atoms. The topological polar surface area (TPSA) is 64.7 Å². The van der Waals surface area contributed by atoms with Crippen molar-refractivity contribution in [3.05, 3.63) is 103 Å². The Bertz CT molecular complexity index is 1360. The van der Waals surface area contributed by atoms with Gasteiger partial charge in [-0.05, 0) is 31.2 Å². The summed E-state index contributed by atoms with van der Waals surface area (Å²) in [6.07, 6.45) is 3.70. The molecule has 158 valence electrons. The van der Waals surface area contributed by atoms with Crippen LogP contribution >= 0.6 is 0 Å². The number of hydrogen-bond donors (Lipinski definition) is 1. The third kappa shape index (κ3) is 3.78. The predicted octanol–water partition coefficient (Wildman–Crippen LogP) is 4.77. The van der Waals surface area contributed by atoms with Crippen LogP contribution in [0.5, 0.6) is 0 Å². The fourth-order valence-corrected chi connectivity index (χ4v) is 3.83. The summed E-state index contributed by atoms with van der Waals surface area (Å²) in [5, 5.41) is 7.90. The van der Waals surface area contributed by atoms with Crippen molar-refractivity contribution in [3.8, 4) is 16.9 Å². The lowest BCUT2D eigenvalue weighted by molar-refractivity contribution is -0.123. The maximum absolute atomic E-state index is 13.0. The molecule has 1 N–H and O–H groups in total. The third-order valence-electron chi connectivity index (χ3n) is 5.59. The summed E-state index contributed by atoms with van der Waals surface area (Å²) in [5.74, 6) is -0.0698. The van der Waals surface area contributed by atoms with E-state index in [0.29, 0.717) is 6.54 Å². The molecule has 6 heteroatoms. The van der Waals surface area contributed by atoms with E-state index >= 15 is 0 Å². The first-order valence-electron chi connectivity index (χ1n) is 10.6. The molecule has 0 aliphatic heterocycles. The van der Waals surface area contributed by atoms with Crippen molar-refractivity contribution in [1.29, 1.82) is 0 Å². The molecule has 0 spiro atoms. The fourth-order valence-electron chi connectivity index (χ4n) is 3.83. The Morgan fingerprint density at radius 3 is 2.41 bits per heavy atom. The van der Waals surface area contributed by atoms with Crippen LogP contribution in [0, 0.1) is 0 Å². The monoisotopic (exact) mass is 421 g/mol. The summed E-state index contributed by atoms with van der Waals surface area (Å²) in [6, 6.07) is 27.4. The van der Waals surface area contributed by atoms with Gasteiger partial charge in [-0.25, -0.2) is 9.67 Å². The number of hydrogen-bond acceptors (Lipinski definition) is 3. The van der Waals surface area contributed by atoms with E-state index in [0.717, 1.165) is 33.5 Å². The van der Waals surface area contributed by atoms with Gasteiger partial charge in [0.2, 0.25) is 5.91 Å². The second kappa shape index (κ2) is 8.51. The van der Waals surface area contributed by atoms with Crippen molar-refractivity contribution < 1.29 is 4.79 Å². The van der Waals surface area contributed by atoms with Crippen LogP contribution in [0.2, 0.25) is 0 Å². The molecule has 0 aliphatic carbocycles. The van der Waals surface area contributed by atoms with Crippen molar-refractivity contribution in [3.63, 3.8) is 0 Å². The van der Waals surface area contributed by atoms with Crippen molar-refractivity contribution in [2.24, 2.45) is 0 Å². The molecule has 6 nitrogen and oxygen atoms in total. The summed E-state index contributed by atoms with van der Waals surface area (Å²) in [4.78, 5) is 17.4. The Kier molecular flexibility index (Phi) is 5.25. The molecule has 1 unspecified atom stereocenters. The fraction of sp³-hybridized carbons (Fsp3) is 0.115. The maximum atomic E-state index is 13.0. The number of carbonyl (C=O) groups excluding carboxylic acids is 1. The number of benzene rings is 3. The minimum Gasteiger partial charge on any atom is -0.350 e. The number of aromatic nitrogens is 4. The second-order valence-corrected chi connectivity index (χ2v) is 7.68. The zero-order valence-electron chi connectivity index (χ0n) is 17.7. The molecule has 2 aromatic heterocycles. The van der Waals surface area contributed by atoms with Gasteiger partial charge in [0, 0.05) is 23.9 Å². The van der Waals surface area contributed by atoms with Crippen molar-refractivity contribution in [2.45, 2.75) is 19.5 Å². The Balaban J connectivity index is 1.41. The van der Waals surface area contributed by atoms with E-state index < -0.39 is 0 Å². The number of nitrogens with zero attached hydrogens (tertiary/aromatic N) is 4. The van der Waals surface area contributed by atoms with E-state index in [-0.39, 0.29) is 11.9 Å². The highest BCUT2D eigenvalue weighted by molar-refractivity contribution is 5.83. The smallest absolute Gasteiger partial charge is 0.243 e. The quantitative estimate of drug-likeness (QED) is 0.430. The summed E-state index contributed by atoms with van der Waals surface area (Å²) in [5.41, 5.74) is 5.62. The molecule has 3 aromatic carbocycles. The number of rotatable bonds is 6. The number of nitrogens with one attached hydrogen (secondary N) is 1. The summed E-state index contributed by atoms with van der Waals surface area (Å²) in [6.45, 7) is 2.27. The van der Waals surface area contributed by atoms with Gasteiger partial charge in [-0.15, -0.1) is 0 Å². The number of para-hydroxylation sites is 3. The highest BCUT2D eigenvalue weighted by Gasteiger charge is 2.19. The van der Waals surface area contributed by atoms with Crippen LogP contribution in [0.1, 0.15) is 18.5 Å². The molecule has 0 saturated carbocycles. The lowest BCUT2D eigenvalue weighted by atomic mass is 10.1. The highest BCUT2D eigenvalue weighted by atomic mass is 16.2. The molecule has 2 heterocycles. The molecule has 0 aliphatic rings. The summed E-state index contributed by atoms with van der Waals surface area (Å²) in [7, 11) is 0. The van der Waals surface area contributed by atoms with E-state index in [9.17, 15) is 4.79 Å². The van der Waals surface area contributed by atoms with E-state index in [2.05, 4.69) is 10.3 Å². The minimum absolute atomic E-state index is 0.0698. The van der Waals surface area contributed by atoms with Gasteiger partial charge in [0.15, 0.2) is 0 Å². The van der Waals surface area contributed by atoms with Gasteiger partial charge in [0.1, 0.15) is 6.04 Å². The van der Waals surface area contributed by atoms with Gasteiger partial charge < -0.3 is 9.88 Å². The molecule has 0 saturated heterocycles. The van der Waals surface area contributed by atoms with Crippen LogP contribution < -0.4 is 5.32 Å². The van der Waals surface area contributed by atoms with E-state index in [1.54, 1.807) is 6.33 Å². The zero-order valence-corrected chi connectivity index (χ0v) is 17.7. The molecule has 0 radical (unpaired) electrons. The zero-order chi connectivity index (χ0) is 21.9. The SMILES string of the molecule is CC(C(=O)NCc1cn(-c2ccccc2)nc1-c1ccccc1)n1cnc2ccccc21. The van der Waals surface area contributed by atoms with Gasteiger partial charge in [0.05, 0.1) is 28.7 Å². The van der Waals surface area contributed by atoms with Crippen LogP contribution in [0.4, 0.5) is 0 Å². The predicted molar refractivity (Wildman–Crippen MR) is 125 cm³/mol. The molecular weight excluding hydrogens is 398 g/mol. The maximum Gasteiger partial charge on any atom is 0.243 e. The van der Waals surface area contributed by atoms with Crippen molar-refractivity contribution in [2.75, 3.05) is 0 Å². The van der Waals surface area contributed by atoms with E-state index in [4.69, 9.17) is 5.10 Å². The van der Waals surface area contributed by atoms with Crippen molar-refractivity contribution in [1.82, 2.24) is 24.6 Å². The van der Waals surface area contributed by atoms with Crippen LogP contribution in [-0.2, 0) is 11.3 Å². The number of amides is 1. The second-order valence-electron chi connectivity index (χ2n) is 7.68. The Labute approximate surface area is 186 Å². The minimum atomic E-state index is -0.383. The largest absolute Gasteiger partial charge is 0.350 e. The van der Waals surface area contributed by atoms with Crippen LogP contribution in [0.15, 0.2) is 97.5 Å². The first-order valence-corrected chi connectivity index (χ1v) is 10.6. The average molecular weight is 422 g/mol. The lowest BCUT2D eigenvalue weighted by Gasteiger charge is -2.14. The third-order valence-corrected chi connectivity index (χ3v) is 5.59. The molecular formula is C26H23N5O. The normalized spacial score (nSPS) is 12.0. The average Bonchev–Trinajstić information content (AvgIpc) is 3.48. The lowest BCUT2D eigenvalue weighted by Crippen LogP contribution is -2.30. The molecule has 5 aromatic rings. The van der Waals surface area contributed by atoms with Gasteiger partial charge in [-0.1, -0.05) is 60.7 Å². The first-order chi connectivity index (χ1) is 15.7. The highest BCUT2D eigenvalue weighted by Crippen LogP contribution is 2.24. The van der Waals surface area contributed by atoms with Crippen molar-refractivity contribution >= 4 is 16.9 Å². The van der Waals surface area contributed by atoms with E-state index in [1.807, 2.05) is 107 Å². The molecule has 1 atom stereocenters. The Hall–Kier alpha value is -4.19. The van der Waals surface area contributed by atoms with Gasteiger partial charge in [-0.2, -0.15) is 5.10 Å². The van der Waals surface area contributed by atoms with Gasteiger partial charge in [0.25, 0.3) is 0 Å². The molecule has 32 heavy (non-hydrogen) atoms. The molecule has 5 rings (SSSR count). The summed E-state index contributed by atoms with van der Waals surface area (Å²) >= 11 is 0. The number of carbonyl (C=O) groups is 1. The van der Waals surface area contributed by atoms with Gasteiger partial charge >= 0.3 is 0 Å². The molecule has 0 fully saturated rings. The van der Waals surface area contributed by atoms with Crippen LogP contribution in [0.3, 0.4) is 0 Å².